The van der Waals surface area contributed by atoms with Crippen molar-refractivity contribution in [3.8, 4) is 0 Å². The van der Waals surface area contributed by atoms with Crippen molar-refractivity contribution in [1.29, 1.82) is 0 Å². The fourth-order valence-electron chi connectivity index (χ4n) is 3.60. The summed E-state index contributed by atoms with van der Waals surface area (Å²) in [5, 5.41) is 6.53. The van der Waals surface area contributed by atoms with Crippen molar-refractivity contribution < 1.29 is 17.9 Å². The number of esters is 1. The van der Waals surface area contributed by atoms with Crippen molar-refractivity contribution >= 4 is 38.7 Å². The second kappa shape index (κ2) is 11.4. The highest BCUT2D eigenvalue weighted by atomic mass is 32.2. The van der Waals surface area contributed by atoms with Crippen molar-refractivity contribution in [1.82, 2.24) is 0 Å². The number of benzene rings is 4. The van der Waals surface area contributed by atoms with Gasteiger partial charge in [-0.3, -0.25) is 4.72 Å². The molecule has 0 radical (unpaired) electrons. The largest absolute Gasteiger partial charge is 0.462 e. The van der Waals surface area contributed by atoms with E-state index >= 15 is 0 Å². The number of ether oxygens (including phenoxy) is 1. The standard InChI is InChI=1S/C28H27N3O4S/c1-2-35-28(32)22-18-25(29-20-21-12-6-3-7-13-21)27(30-23-14-8-4-9-15-23)26(19-22)36(33,34)31-24-16-10-5-11-17-24/h3-19,29-31H,2,20H2,1H3. The molecule has 0 aromatic heterocycles. The average Bonchev–Trinajstić information content (AvgIpc) is 2.89. The number of rotatable bonds is 10. The summed E-state index contributed by atoms with van der Waals surface area (Å²) in [5.41, 5.74) is 2.98. The number of carbonyl (C=O) groups excluding carboxylic acids is 1. The summed E-state index contributed by atoms with van der Waals surface area (Å²) in [7, 11) is -4.10. The van der Waals surface area contributed by atoms with Gasteiger partial charge >= 0.3 is 5.97 Å². The summed E-state index contributed by atoms with van der Waals surface area (Å²) < 4.78 is 35.1. The zero-order chi connectivity index (χ0) is 25.4. The van der Waals surface area contributed by atoms with Gasteiger partial charge in [0.25, 0.3) is 10.0 Å². The molecule has 3 N–H and O–H groups in total. The maximum Gasteiger partial charge on any atom is 0.338 e. The second-order valence-electron chi connectivity index (χ2n) is 7.92. The lowest BCUT2D eigenvalue weighted by Gasteiger charge is -2.20. The Hall–Kier alpha value is -4.30. The van der Waals surface area contributed by atoms with Crippen LogP contribution in [0.3, 0.4) is 0 Å². The van der Waals surface area contributed by atoms with E-state index in [9.17, 15) is 13.2 Å². The van der Waals surface area contributed by atoms with Crippen LogP contribution in [0.5, 0.6) is 0 Å². The van der Waals surface area contributed by atoms with Crippen LogP contribution in [0.25, 0.3) is 0 Å². The molecule has 0 bridgehead atoms. The monoisotopic (exact) mass is 501 g/mol. The summed E-state index contributed by atoms with van der Waals surface area (Å²) in [6, 6.07) is 30.5. The van der Waals surface area contributed by atoms with Gasteiger partial charge in [0.2, 0.25) is 0 Å². The maximum atomic E-state index is 13.6. The quantitative estimate of drug-likeness (QED) is 0.230. The molecule has 36 heavy (non-hydrogen) atoms. The first kappa shape index (κ1) is 24.8. The van der Waals surface area contributed by atoms with Gasteiger partial charge in [-0.1, -0.05) is 66.7 Å². The molecule has 0 saturated carbocycles. The minimum Gasteiger partial charge on any atom is -0.462 e. The summed E-state index contributed by atoms with van der Waals surface area (Å²) >= 11 is 0. The third-order valence-corrected chi connectivity index (χ3v) is 6.70. The van der Waals surface area contributed by atoms with E-state index in [1.165, 1.54) is 6.07 Å². The van der Waals surface area contributed by atoms with Crippen LogP contribution >= 0.6 is 0 Å². The highest BCUT2D eigenvalue weighted by molar-refractivity contribution is 7.93. The van der Waals surface area contributed by atoms with Gasteiger partial charge in [-0.2, -0.15) is 0 Å². The first-order valence-electron chi connectivity index (χ1n) is 11.5. The third kappa shape index (κ3) is 6.22. The topological polar surface area (TPSA) is 96.5 Å². The molecule has 4 rings (SSSR count). The van der Waals surface area contributed by atoms with Gasteiger partial charge in [0.15, 0.2) is 0 Å². The number of nitrogens with one attached hydrogen (secondary N) is 3. The molecular weight excluding hydrogens is 474 g/mol. The molecule has 7 nitrogen and oxygen atoms in total. The Bertz CT molecular complexity index is 1410. The molecule has 184 valence electrons. The number of hydrogen-bond donors (Lipinski definition) is 3. The van der Waals surface area contributed by atoms with Gasteiger partial charge in [-0.15, -0.1) is 0 Å². The van der Waals surface area contributed by atoms with E-state index in [-0.39, 0.29) is 17.1 Å². The lowest BCUT2D eigenvalue weighted by atomic mass is 10.1. The van der Waals surface area contributed by atoms with Gasteiger partial charge in [-0.25, -0.2) is 13.2 Å². The lowest BCUT2D eigenvalue weighted by Crippen LogP contribution is -2.18. The number of carbonyl (C=O) groups is 1. The molecule has 0 amide bonds. The van der Waals surface area contributed by atoms with Crippen LogP contribution in [0, 0.1) is 0 Å². The molecule has 0 spiro atoms. The fraction of sp³-hybridized carbons (Fsp3) is 0.107. The Morgan fingerprint density at radius 1 is 0.806 bits per heavy atom. The van der Waals surface area contributed by atoms with Crippen LogP contribution in [-0.4, -0.2) is 21.0 Å². The zero-order valence-corrected chi connectivity index (χ0v) is 20.6. The molecule has 4 aromatic carbocycles. The van der Waals surface area contributed by atoms with Crippen molar-refractivity contribution in [2.75, 3.05) is 22.0 Å². The summed E-state index contributed by atoms with van der Waals surface area (Å²) in [6.45, 7) is 2.29. The molecule has 4 aromatic rings. The van der Waals surface area contributed by atoms with Crippen molar-refractivity contribution in [3.05, 3.63) is 114 Å². The van der Waals surface area contributed by atoms with Crippen molar-refractivity contribution in [2.24, 2.45) is 0 Å². The molecule has 0 unspecified atom stereocenters. The van der Waals surface area contributed by atoms with Crippen LogP contribution in [0.4, 0.5) is 22.7 Å². The predicted octanol–water partition coefficient (Wildman–Crippen LogP) is 6.02. The highest BCUT2D eigenvalue weighted by Gasteiger charge is 2.25. The Labute approximate surface area is 211 Å². The van der Waals surface area contributed by atoms with Crippen LogP contribution < -0.4 is 15.4 Å². The van der Waals surface area contributed by atoms with Crippen LogP contribution in [-0.2, 0) is 21.3 Å². The maximum absolute atomic E-state index is 13.6. The molecule has 0 aliphatic heterocycles. The molecule has 0 aliphatic rings. The number of hydrogen-bond acceptors (Lipinski definition) is 6. The Kier molecular flexibility index (Phi) is 7.87. The van der Waals surface area contributed by atoms with E-state index in [2.05, 4.69) is 15.4 Å². The highest BCUT2D eigenvalue weighted by Crippen LogP contribution is 2.36. The molecule has 0 aliphatic carbocycles. The summed E-state index contributed by atoms with van der Waals surface area (Å²) in [4.78, 5) is 12.6. The fourth-order valence-corrected chi connectivity index (χ4v) is 4.87. The first-order valence-corrected chi connectivity index (χ1v) is 13.0. The molecule has 0 saturated heterocycles. The van der Waals surface area contributed by atoms with Crippen LogP contribution in [0.1, 0.15) is 22.8 Å². The van der Waals surface area contributed by atoms with E-state index in [0.717, 1.165) is 5.56 Å². The zero-order valence-electron chi connectivity index (χ0n) is 19.8. The van der Waals surface area contributed by atoms with Crippen LogP contribution in [0.15, 0.2) is 108 Å². The van der Waals surface area contributed by atoms with Crippen molar-refractivity contribution in [3.63, 3.8) is 0 Å². The molecule has 0 heterocycles. The second-order valence-corrected chi connectivity index (χ2v) is 9.57. The number of sulfonamides is 1. The Morgan fingerprint density at radius 2 is 1.39 bits per heavy atom. The van der Waals surface area contributed by atoms with Gasteiger partial charge in [-0.05, 0) is 48.9 Å². The Morgan fingerprint density at radius 3 is 2.00 bits per heavy atom. The predicted molar refractivity (Wildman–Crippen MR) is 143 cm³/mol. The molecular formula is C28H27N3O4S. The Balaban J connectivity index is 1.84. The third-order valence-electron chi connectivity index (χ3n) is 5.30. The number of anilines is 4. The average molecular weight is 502 g/mol. The smallest absolute Gasteiger partial charge is 0.338 e. The minimum absolute atomic E-state index is 0.0867. The van der Waals surface area contributed by atoms with E-state index in [0.29, 0.717) is 29.3 Å². The number of para-hydroxylation sites is 2. The van der Waals surface area contributed by atoms with E-state index < -0.39 is 16.0 Å². The van der Waals surface area contributed by atoms with Gasteiger partial charge in [0.05, 0.1) is 23.5 Å². The van der Waals surface area contributed by atoms with E-state index in [1.54, 1.807) is 43.3 Å². The lowest BCUT2D eigenvalue weighted by molar-refractivity contribution is 0.0526. The van der Waals surface area contributed by atoms with Crippen molar-refractivity contribution in [2.45, 2.75) is 18.4 Å². The van der Waals surface area contributed by atoms with Gasteiger partial charge in [0.1, 0.15) is 4.90 Å². The normalized spacial score (nSPS) is 10.9. The summed E-state index contributed by atoms with van der Waals surface area (Å²) in [6.07, 6.45) is 0. The van der Waals surface area contributed by atoms with Gasteiger partial charge in [0, 0.05) is 17.9 Å². The first-order chi connectivity index (χ1) is 17.5. The van der Waals surface area contributed by atoms with Gasteiger partial charge < -0.3 is 15.4 Å². The SMILES string of the molecule is CCOC(=O)c1cc(NCc2ccccc2)c(Nc2ccccc2)c(S(=O)(=O)Nc2ccccc2)c1. The van der Waals surface area contributed by atoms with E-state index in [4.69, 9.17) is 4.74 Å². The van der Waals surface area contributed by atoms with E-state index in [1.807, 2.05) is 60.7 Å². The van der Waals surface area contributed by atoms with Crippen LogP contribution in [0.2, 0.25) is 0 Å². The molecule has 0 atom stereocenters. The minimum atomic E-state index is -4.10. The molecule has 0 fully saturated rings. The molecule has 8 heteroatoms. The summed E-state index contributed by atoms with van der Waals surface area (Å²) in [5.74, 6) is -0.609.